The second-order valence-corrected chi connectivity index (χ2v) is 7.31. The van der Waals surface area contributed by atoms with Gasteiger partial charge in [0.25, 0.3) is 0 Å². The molecule has 3 aromatic carbocycles. The summed E-state index contributed by atoms with van der Waals surface area (Å²) < 4.78 is 5.60. The smallest absolute Gasteiger partial charge is 0.136 e. The molecule has 146 valence electrons. The molecule has 0 bridgehead atoms. The SMILES string of the molecule is ON=c1ccoc2cc(CCc3ccccc3-c3cc4ccccc4cn3)ccc12. The van der Waals surface area contributed by atoms with Crippen LogP contribution in [0.25, 0.3) is 33.0 Å². The van der Waals surface area contributed by atoms with Crippen LogP contribution >= 0.6 is 0 Å². The van der Waals surface area contributed by atoms with Gasteiger partial charge in [-0.25, -0.2) is 0 Å². The molecule has 30 heavy (non-hydrogen) atoms. The van der Waals surface area contributed by atoms with Crippen LogP contribution in [0, 0.1) is 0 Å². The molecule has 0 spiro atoms. The topological polar surface area (TPSA) is 58.6 Å². The highest BCUT2D eigenvalue weighted by molar-refractivity contribution is 5.85. The Bertz CT molecular complexity index is 1420. The van der Waals surface area contributed by atoms with Crippen molar-refractivity contribution < 1.29 is 9.62 Å². The molecule has 0 saturated heterocycles. The lowest BCUT2D eigenvalue weighted by atomic mass is 9.96. The highest BCUT2D eigenvalue weighted by Crippen LogP contribution is 2.26. The molecular weight excluding hydrogens is 372 g/mol. The summed E-state index contributed by atoms with van der Waals surface area (Å²) in [5.41, 5.74) is 5.30. The largest absolute Gasteiger partial charge is 0.464 e. The standard InChI is InChI=1S/C26H20N2O2/c29-28-24-13-14-30-26-15-18(10-12-23(24)26)9-11-19-5-3-4-8-22(19)25-16-20-6-1-2-7-21(20)17-27-25/h1-8,10,12-17,29H,9,11H2. The number of aryl methyl sites for hydroxylation is 2. The summed E-state index contributed by atoms with van der Waals surface area (Å²) in [4.78, 5) is 4.70. The van der Waals surface area contributed by atoms with Gasteiger partial charge in [-0.3, -0.25) is 4.98 Å². The lowest BCUT2D eigenvalue weighted by Gasteiger charge is -2.10. The van der Waals surface area contributed by atoms with Crippen molar-refractivity contribution in [3.63, 3.8) is 0 Å². The van der Waals surface area contributed by atoms with E-state index in [1.54, 1.807) is 12.3 Å². The van der Waals surface area contributed by atoms with Gasteiger partial charge in [0, 0.05) is 28.6 Å². The lowest BCUT2D eigenvalue weighted by molar-refractivity contribution is 0.302. The Morgan fingerprint density at radius 3 is 2.57 bits per heavy atom. The molecular formula is C26H20N2O2. The molecule has 0 radical (unpaired) electrons. The number of nitrogens with zero attached hydrogens (tertiary/aromatic N) is 2. The van der Waals surface area contributed by atoms with E-state index in [9.17, 15) is 0 Å². The Balaban J connectivity index is 1.45. The minimum Gasteiger partial charge on any atom is -0.464 e. The molecule has 2 aromatic heterocycles. The molecule has 0 unspecified atom stereocenters. The zero-order valence-corrected chi connectivity index (χ0v) is 16.3. The van der Waals surface area contributed by atoms with E-state index in [4.69, 9.17) is 14.6 Å². The Hall–Kier alpha value is -3.92. The summed E-state index contributed by atoms with van der Waals surface area (Å²) in [6, 6.07) is 26.5. The first kappa shape index (κ1) is 18.1. The Kier molecular flexibility index (Phi) is 4.74. The number of benzene rings is 3. The maximum absolute atomic E-state index is 9.14. The van der Waals surface area contributed by atoms with Crippen LogP contribution < -0.4 is 5.36 Å². The first-order valence-corrected chi connectivity index (χ1v) is 9.93. The monoisotopic (exact) mass is 392 g/mol. The lowest BCUT2D eigenvalue weighted by Crippen LogP contribution is -2.02. The number of rotatable bonds is 4. The minimum atomic E-state index is 0.510. The quantitative estimate of drug-likeness (QED) is 0.314. The third-order valence-corrected chi connectivity index (χ3v) is 5.46. The van der Waals surface area contributed by atoms with Crippen molar-refractivity contribution in [2.24, 2.45) is 5.16 Å². The zero-order chi connectivity index (χ0) is 20.3. The molecule has 5 rings (SSSR count). The number of fused-ring (bicyclic) bond motifs is 2. The fourth-order valence-corrected chi connectivity index (χ4v) is 3.88. The Labute approximate surface area is 173 Å². The van der Waals surface area contributed by atoms with Crippen LogP contribution in [0.5, 0.6) is 0 Å². The van der Waals surface area contributed by atoms with Gasteiger partial charge in [0.2, 0.25) is 0 Å². The van der Waals surface area contributed by atoms with Crippen molar-refractivity contribution >= 4 is 21.7 Å². The summed E-state index contributed by atoms with van der Waals surface area (Å²) >= 11 is 0. The predicted octanol–water partition coefficient (Wildman–Crippen LogP) is 5.72. The van der Waals surface area contributed by atoms with E-state index in [1.807, 2.05) is 24.4 Å². The van der Waals surface area contributed by atoms with Gasteiger partial charge < -0.3 is 9.62 Å². The van der Waals surface area contributed by atoms with Crippen molar-refractivity contribution in [2.75, 3.05) is 0 Å². The molecule has 1 N–H and O–H groups in total. The van der Waals surface area contributed by atoms with Gasteiger partial charge >= 0.3 is 0 Å². The van der Waals surface area contributed by atoms with Crippen LogP contribution in [0.3, 0.4) is 0 Å². The number of hydrogen-bond acceptors (Lipinski definition) is 4. The van der Waals surface area contributed by atoms with Crippen LogP contribution in [0.2, 0.25) is 0 Å². The van der Waals surface area contributed by atoms with Crippen molar-refractivity contribution in [1.29, 1.82) is 0 Å². The Morgan fingerprint density at radius 1 is 0.833 bits per heavy atom. The molecule has 0 amide bonds. The highest BCUT2D eigenvalue weighted by Gasteiger charge is 2.08. The molecule has 0 atom stereocenters. The zero-order valence-electron chi connectivity index (χ0n) is 16.3. The summed E-state index contributed by atoms with van der Waals surface area (Å²) in [5, 5.41) is 16.1. The predicted molar refractivity (Wildman–Crippen MR) is 118 cm³/mol. The van der Waals surface area contributed by atoms with Crippen molar-refractivity contribution in [3.8, 4) is 11.3 Å². The first-order chi connectivity index (χ1) is 14.8. The van der Waals surface area contributed by atoms with Gasteiger partial charge in [-0.15, -0.1) is 0 Å². The van der Waals surface area contributed by atoms with Gasteiger partial charge in [-0.1, -0.05) is 59.8 Å². The molecule has 0 aliphatic rings. The third-order valence-electron chi connectivity index (χ3n) is 5.46. The van der Waals surface area contributed by atoms with Gasteiger partial charge in [0.15, 0.2) is 0 Å². The van der Waals surface area contributed by atoms with Crippen molar-refractivity contribution in [3.05, 3.63) is 108 Å². The average Bonchev–Trinajstić information content (AvgIpc) is 2.82. The third kappa shape index (κ3) is 3.44. The summed E-state index contributed by atoms with van der Waals surface area (Å²) in [6.07, 6.45) is 5.24. The number of hydrogen-bond donors (Lipinski definition) is 1. The van der Waals surface area contributed by atoms with Gasteiger partial charge in [-0.05, 0) is 47.6 Å². The van der Waals surface area contributed by atoms with Gasteiger partial charge in [-0.2, -0.15) is 0 Å². The number of aromatic nitrogens is 1. The number of pyridine rings is 1. The van der Waals surface area contributed by atoms with E-state index in [2.05, 4.69) is 59.8 Å². The Morgan fingerprint density at radius 2 is 1.67 bits per heavy atom. The van der Waals surface area contributed by atoms with Crippen LogP contribution in [0.15, 0.2) is 101 Å². The second-order valence-electron chi connectivity index (χ2n) is 7.31. The summed E-state index contributed by atoms with van der Waals surface area (Å²) in [6.45, 7) is 0. The maximum atomic E-state index is 9.14. The minimum absolute atomic E-state index is 0.510. The van der Waals surface area contributed by atoms with Crippen LogP contribution in [-0.2, 0) is 12.8 Å². The van der Waals surface area contributed by atoms with E-state index in [-0.39, 0.29) is 0 Å². The van der Waals surface area contributed by atoms with Crippen LogP contribution in [0.4, 0.5) is 0 Å². The first-order valence-electron chi connectivity index (χ1n) is 9.93. The molecule has 4 heteroatoms. The molecule has 0 saturated carbocycles. The van der Waals surface area contributed by atoms with Gasteiger partial charge in [0.1, 0.15) is 10.9 Å². The molecule has 0 fully saturated rings. The van der Waals surface area contributed by atoms with E-state index in [0.29, 0.717) is 10.9 Å². The van der Waals surface area contributed by atoms with Gasteiger partial charge in [0.05, 0.1) is 12.0 Å². The fourth-order valence-electron chi connectivity index (χ4n) is 3.88. The van der Waals surface area contributed by atoms with Crippen LogP contribution in [0.1, 0.15) is 11.1 Å². The molecule has 0 aliphatic carbocycles. The van der Waals surface area contributed by atoms with E-state index in [1.165, 1.54) is 16.5 Å². The molecule has 2 heterocycles. The molecule has 4 nitrogen and oxygen atoms in total. The highest BCUT2D eigenvalue weighted by atomic mass is 16.4. The average molecular weight is 392 g/mol. The molecule has 0 aliphatic heterocycles. The van der Waals surface area contributed by atoms with Crippen molar-refractivity contribution in [2.45, 2.75) is 12.8 Å². The second kappa shape index (κ2) is 7.84. The fraction of sp³-hybridized carbons (Fsp3) is 0.0769. The summed E-state index contributed by atoms with van der Waals surface area (Å²) in [7, 11) is 0. The van der Waals surface area contributed by atoms with E-state index >= 15 is 0 Å². The van der Waals surface area contributed by atoms with Crippen LogP contribution in [-0.4, -0.2) is 10.2 Å². The van der Waals surface area contributed by atoms with Crippen molar-refractivity contribution in [1.82, 2.24) is 4.98 Å². The van der Waals surface area contributed by atoms with E-state index in [0.717, 1.165) is 34.9 Å². The maximum Gasteiger partial charge on any atom is 0.136 e. The van der Waals surface area contributed by atoms with E-state index < -0.39 is 0 Å². The normalized spacial score (nSPS) is 11.9. The molecule has 5 aromatic rings. The summed E-state index contributed by atoms with van der Waals surface area (Å²) in [5.74, 6) is 0.